The standard InChI is InChI=1S/C24H30N2O2S.C4H4O4/c1-26(15-11-19-9-10-21(27-2)22(17-19)28-3)14-6-12-24(18-25)13-16-29-23-8-5-4-7-20(23)24;5-3(6)1-2-4(7)8/h4-5,7-10,17H,6,11-16H2,1-3H3;1-2H,(H,5,6)(H,7,8)/b;2-1+. The fourth-order valence-electron chi connectivity index (χ4n) is 4.15. The van der Waals surface area contributed by atoms with E-state index in [1.807, 2.05) is 23.9 Å². The zero-order valence-electron chi connectivity index (χ0n) is 21.5. The number of carboxylic acid groups (broad SMARTS) is 2. The van der Waals surface area contributed by atoms with Crippen molar-refractivity contribution in [2.24, 2.45) is 0 Å². The minimum Gasteiger partial charge on any atom is -0.493 e. The molecule has 0 fully saturated rings. The number of rotatable bonds is 11. The number of ether oxygens (including phenoxy) is 2. The molecule has 1 unspecified atom stereocenters. The monoisotopic (exact) mass is 526 g/mol. The summed E-state index contributed by atoms with van der Waals surface area (Å²) in [5.41, 5.74) is 2.14. The molecule has 198 valence electrons. The highest BCUT2D eigenvalue weighted by Crippen LogP contribution is 2.44. The number of hydrogen-bond acceptors (Lipinski definition) is 7. The van der Waals surface area contributed by atoms with Crippen LogP contribution in [0.3, 0.4) is 0 Å². The lowest BCUT2D eigenvalue weighted by Crippen LogP contribution is -2.31. The third-order valence-electron chi connectivity index (χ3n) is 6.15. The highest BCUT2D eigenvalue weighted by molar-refractivity contribution is 7.99. The van der Waals surface area contributed by atoms with Crippen molar-refractivity contribution >= 4 is 23.7 Å². The number of nitriles is 1. The van der Waals surface area contributed by atoms with E-state index in [2.05, 4.69) is 48.3 Å². The van der Waals surface area contributed by atoms with E-state index in [0.29, 0.717) is 12.2 Å². The summed E-state index contributed by atoms with van der Waals surface area (Å²) in [6.07, 6.45) is 4.96. The van der Waals surface area contributed by atoms with Crippen LogP contribution in [0.25, 0.3) is 0 Å². The summed E-state index contributed by atoms with van der Waals surface area (Å²) >= 11 is 1.88. The van der Waals surface area contributed by atoms with E-state index in [1.54, 1.807) is 14.2 Å². The zero-order valence-corrected chi connectivity index (χ0v) is 22.3. The first kappa shape index (κ1) is 29.7. The van der Waals surface area contributed by atoms with Crippen LogP contribution in [0.1, 0.15) is 30.4 Å². The lowest BCUT2D eigenvalue weighted by atomic mass is 9.75. The molecule has 1 aliphatic heterocycles. The predicted molar refractivity (Wildman–Crippen MR) is 143 cm³/mol. The van der Waals surface area contributed by atoms with Crippen molar-refractivity contribution in [2.45, 2.75) is 36.0 Å². The van der Waals surface area contributed by atoms with Gasteiger partial charge in [-0.15, -0.1) is 11.8 Å². The Morgan fingerprint density at radius 3 is 2.38 bits per heavy atom. The lowest BCUT2D eigenvalue weighted by molar-refractivity contribution is -0.134. The summed E-state index contributed by atoms with van der Waals surface area (Å²) in [4.78, 5) is 22.7. The third kappa shape index (κ3) is 9.16. The van der Waals surface area contributed by atoms with Crippen LogP contribution in [-0.2, 0) is 21.4 Å². The molecule has 37 heavy (non-hydrogen) atoms. The topological polar surface area (TPSA) is 120 Å². The summed E-state index contributed by atoms with van der Waals surface area (Å²) in [6, 6.07) is 17.2. The molecule has 1 heterocycles. The molecule has 0 aliphatic carbocycles. The number of carboxylic acids is 2. The Hall–Kier alpha value is -3.48. The number of likely N-dealkylation sites (N-methyl/N-ethyl adjacent to an activating group) is 1. The quantitative estimate of drug-likeness (QED) is 0.404. The molecule has 0 bridgehead atoms. The number of benzene rings is 2. The van der Waals surface area contributed by atoms with E-state index in [-0.39, 0.29) is 5.41 Å². The fourth-order valence-corrected chi connectivity index (χ4v) is 5.41. The molecule has 2 N–H and O–H groups in total. The number of hydrogen-bond donors (Lipinski definition) is 2. The maximum absolute atomic E-state index is 10.0. The van der Waals surface area contributed by atoms with Gasteiger partial charge >= 0.3 is 11.9 Å². The van der Waals surface area contributed by atoms with E-state index in [1.165, 1.54) is 16.0 Å². The van der Waals surface area contributed by atoms with Crippen LogP contribution in [0.2, 0.25) is 0 Å². The van der Waals surface area contributed by atoms with Gasteiger partial charge in [-0.2, -0.15) is 5.26 Å². The van der Waals surface area contributed by atoms with Crippen molar-refractivity contribution in [2.75, 3.05) is 40.1 Å². The fraction of sp³-hybridized carbons (Fsp3) is 0.393. The molecule has 9 heteroatoms. The van der Waals surface area contributed by atoms with E-state index >= 15 is 0 Å². The molecular formula is C28H34N2O6S. The minimum atomic E-state index is -1.26. The number of fused-ring (bicyclic) bond motifs is 1. The normalized spacial score (nSPS) is 16.3. The Balaban J connectivity index is 0.000000521. The molecule has 0 saturated carbocycles. The van der Waals surface area contributed by atoms with Crippen LogP contribution < -0.4 is 9.47 Å². The first-order chi connectivity index (χ1) is 17.7. The van der Waals surface area contributed by atoms with Crippen molar-refractivity contribution in [3.8, 4) is 17.6 Å². The van der Waals surface area contributed by atoms with Crippen molar-refractivity contribution in [3.05, 3.63) is 65.7 Å². The van der Waals surface area contributed by atoms with Gasteiger partial charge in [0, 0.05) is 23.6 Å². The second-order valence-electron chi connectivity index (χ2n) is 8.64. The van der Waals surface area contributed by atoms with Gasteiger partial charge in [-0.25, -0.2) is 9.59 Å². The predicted octanol–water partition coefficient (Wildman–Crippen LogP) is 4.63. The van der Waals surface area contributed by atoms with Gasteiger partial charge in [0.05, 0.1) is 25.7 Å². The molecule has 8 nitrogen and oxygen atoms in total. The molecule has 1 atom stereocenters. The highest BCUT2D eigenvalue weighted by atomic mass is 32.2. The van der Waals surface area contributed by atoms with Gasteiger partial charge in [-0.05, 0) is 74.4 Å². The van der Waals surface area contributed by atoms with E-state index < -0.39 is 11.9 Å². The Labute approximate surface area is 222 Å². The second-order valence-corrected chi connectivity index (χ2v) is 9.78. The molecule has 0 amide bonds. The number of nitrogens with zero attached hydrogens (tertiary/aromatic N) is 2. The summed E-state index contributed by atoms with van der Waals surface area (Å²) in [5, 5.41) is 25.6. The van der Waals surface area contributed by atoms with E-state index in [4.69, 9.17) is 19.7 Å². The van der Waals surface area contributed by atoms with Gasteiger partial charge in [0.15, 0.2) is 11.5 Å². The van der Waals surface area contributed by atoms with E-state index in [9.17, 15) is 14.9 Å². The maximum atomic E-state index is 10.0. The Kier molecular flexibility index (Phi) is 12.0. The minimum absolute atomic E-state index is 0.327. The van der Waals surface area contributed by atoms with Gasteiger partial charge < -0.3 is 24.6 Å². The molecule has 0 radical (unpaired) electrons. The summed E-state index contributed by atoms with van der Waals surface area (Å²) < 4.78 is 10.7. The molecule has 0 aromatic heterocycles. The molecule has 2 aromatic rings. The van der Waals surface area contributed by atoms with Crippen molar-refractivity contribution in [1.82, 2.24) is 4.90 Å². The van der Waals surface area contributed by atoms with Crippen molar-refractivity contribution < 1.29 is 29.3 Å². The van der Waals surface area contributed by atoms with Crippen LogP contribution in [0, 0.1) is 11.3 Å². The molecule has 0 spiro atoms. The number of methoxy groups -OCH3 is 2. The van der Waals surface area contributed by atoms with Crippen LogP contribution >= 0.6 is 11.8 Å². The van der Waals surface area contributed by atoms with E-state index in [0.717, 1.165) is 56.0 Å². The average molecular weight is 527 g/mol. The van der Waals surface area contributed by atoms with Crippen LogP contribution in [0.15, 0.2) is 59.5 Å². The lowest BCUT2D eigenvalue weighted by Gasteiger charge is -2.33. The van der Waals surface area contributed by atoms with Crippen LogP contribution in [0.4, 0.5) is 0 Å². The number of thioether (sulfide) groups is 1. The Morgan fingerprint density at radius 1 is 1.08 bits per heavy atom. The van der Waals surface area contributed by atoms with Gasteiger partial charge in [0.2, 0.25) is 0 Å². The van der Waals surface area contributed by atoms with Crippen LogP contribution in [0.5, 0.6) is 11.5 Å². The van der Waals surface area contributed by atoms with Gasteiger partial charge in [0.25, 0.3) is 0 Å². The molecule has 2 aromatic carbocycles. The van der Waals surface area contributed by atoms with Gasteiger partial charge in [0.1, 0.15) is 0 Å². The van der Waals surface area contributed by atoms with Crippen molar-refractivity contribution in [1.29, 1.82) is 5.26 Å². The highest BCUT2D eigenvalue weighted by Gasteiger charge is 2.36. The first-order valence-corrected chi connectivity index (χ1v) is 12.9. The summed E-state index contributed by atoms with van der Waals surface area (Å²) in [5.74, 6) is 0.0503. The van der Waals surface area contributed by atoms with Crippen molar-refractivity contribution in [3.63, 3.8) is 0 Å². The largest absolute Gasteiger partial charge is 0.493 e. The summed E-state index contributed by atoms with van der Waals surface area (Å²) in [6.45, 7) is 1.97. The van der Waals surface area contributed by atoms with Gasteiger partial charge in [-0.3, -0.25) is 0 Å². The first-order valence-electron chi connectivity index (χ1n) is 11.9. The average Bonchev–Trinajstić information content (AvgIpc) is 2.91. The zero-order chi connectivity index (χ0) is 27.3. The Morgan fingerprint density at radius 2 is 1.76 bits per heavy atom. The number of carbonyl (C=O) groups is 2. The smallest absolute Gasteiger partial charge is 0.328 e. The molecule has 1 aliphatic rings. The number of aliphatic carboxylic acids is 2. The molecule has 3 rings (SSSR count). The molecular weight excluding hydrogens is 492 g/mol. The summed E-state index contributed by atoms with van der Waals surface area (Å²) in [7, 11) is 5.48. The maximum Gasteiger partial charge on any atom is 0.328 e. The SMILES string of the molecule is COc1ccc(CCN(C)CCCC2(C#N)CCSc3ccccc32)cc1OC.O=C(O)/C=C/C(=O)O. The Bertz CT molecular complexity index is 1110. The second kappa shape index (κ2) is 14.9. The van der Waals surface area contributed by atoms with Crippen LogP contribution in [-0.4, -0.2) is 67.2 Å². The third-order valence-corrected chi connectivity index (χ3v) is 7.22. The molecule has 0 saturated heterocycles. The van der Waals surface area contributed by atoms with Gasteiger partial charge in [-0.1, -0.05) is 24.3 Å².